The third-order valence-corrected chi connectivity index (χ3v) is 2.89. The van der Waals surface area contributed by atoms with E-state index in [4.69, 9.17) is 16.9 Å². The van der Waals surface area contributed by atoms with E-state index < -0.39 is 11.7 Å². The van der Waals surface area contributed by atoms with Crippen molar-refractivity contribution < 1.29 is 13.2 Å². The van der Waals surface area contributed by atoms with Crippen molar-refractivity contribution >= 4 is 34.2 Å². The lowest BCUT2D eigenvalue weighted by Gasteiger charge is -2.10. The molecule has 1 aromatic rings. The molecule has 80 valence electrons. The second kappa shape index (κ2) is 4.58. The van der Waals surface area contributed by atoms with Gasteiger partial charge < -0.3 is 0 Å². The van der Waals surface area contributed by atoms with Gasteiger partial charge in [-0.05, 0) is 40.3 Å². The van der Waals surface area contributed by atoms with Gasteiger partial charge in [0.25, 0.3) is 0 Å². The van der Waals surface area contributed by atoms with Gasteiger partial charge in [0.2, 0.25) is 0 Å². The van der Waals surface area contributed by atoms with Crippen LogP contribution in [0.3, 0.4) is 0 Å². The van der Waals surface area contributed by atoms with Crippen LogP contribution in [0.4, 0.5) is 13.2 Å². The van der Waals surface area contributed by atoms with Crippen molar-refractivity contribution in [3.8, 4) is 6.07 Å². The molecule has 0 radical (unpaired) electrons. The third kappa shape index (κ3) is 2.75. The standard InChI is InChI=1S/C9H4ClF3IN/c10-3-5-1-6(9(11,12)13)2-8(14)7(5)4-15/h1-2H,3H2. The molecular formula is C9H4ClF3IN. The van der Waals surface area contributed by atoms with E-state index >= 15 is 0 Å². The maximum Gasteiger partial charge on any atom is 0.416 e. The van der Waals surface area contributed by atoms with Crippen molar-refractivity contribution in [2.45, 2.75) is 12.1 Å². The van der Waals surface area contributed by atoms with Crippen LogP contribution in [0, 0.1) is 14.9 Å². The molecule has 0 unspecified atom stereocenters. The minimum atomic E-state index is -4.41. The number of nitriles is 1. The Morgan fingerprint density at radius 2 is 2.00 bits per heavy atom. The summed E-state index contributed by atoms with van der Waals surface area (Å²) in [6, 6.07) is 3.68. The number of halogens is 5. The molecule has 0 heterocycles. The molecule has 0 bridgehead atoms. The first kappa shape index (κ1) is 12.6. The summed E-state index contributed by atoms with van der Waals surface area (Å²) >= 11 is 7.18. The van der Waals surface area contributed by atoms with E-state index in [2.05, 4.69) is 0 Å². The fourth-order valence-corrected chi connectivity index (χ4v) is 2.07. The lowest BCUT2D eigenvalue weighted by Crippen LogP contribution is -2.07. The lowest BCUT2D eigenvalue weighted by molar-refractivity contribution is -0.137. The van der Waals surface area contributed by atoms with Crippen LogP contribution in [0.1, 0.15) is 16.7 Å². The van der Waals surface area contributed by atoms with Crippen LogP contribution in [0.15, 0.2) is 12.1 Å². The van der Waals surface area contributed by atoms with Gasteiger partial charge in [0.05, 0.1) is 11.1 Å². The van der Waals surface area contributed by atoms with Crippen LogP contribution in [0.25, 0.3) is 0 Å². The Hall–Kier alpha value is -0.480. The summed E-state index contributed by atoms with van der Waals surface area (Å²) in [6.45, 7) is 0. The highest BCUT2D eigenvalue weighted by Gasteiger charge is 2.31. The first-order chi connectivity index (χ1) is 6.90. The Morgan fingerprint density at radius 1 is 1.40 bits per heavy atom. The van der Waals surface area contributed by atoms with Gasteiger partial charge in [-0.25, -0.2) is 0 Å². The summed E-state index contributed by atoms with van der Waals surface area (Å²) in [7, 11) is 0. The molecule has 1 aromatic carbocycles. The Balaban J connectivity index is 3.40. The Morgan fingerprint density at radius 3 is 2.40 bits per heavy atom. The fourth-order valence-electron chi connectivity index (χ4n) is 1.06. The number of rotatable bonds is 1. The van der Waals surface area contributed by atoms with Gasteiger partial charge >= 0.3 is 6.18 Å². The monoisotopic (exact) mass is 345 g/mol. The van der Waals surface area contributed by atoms with Crippen LogP contribution < -0.4 is 0 Å². The number of hydrogen-bond acceptors (Lipinski definition) is 1. The Bertz CT molecular complexity index is 423. The van der Waals surface area contributed by atoms with E-state index in [-0.39, 0.29) is 20.6 Å². The van der Waals surface area contributed by atoms with Gasteiger partial charge in [-0.1, -0.05) is 0 Å². The average molecular weight is 345 g/mol. The number of benzene rings is 1. The van der Waals surface area contributed by atoms with Crippen LogP contribution in [-0.4, -0.2) is 0 Å². The molecule has 0 aliphatic rings. The van der Waals surface area contributed by atoms with Crippen molar-refractivity contribution in [1.82, 2.24) is 0 Å². The molecule has 15 heavy (non-hydrogen) atoms. The molecule has 0 spiro atoms. The highest BCUT2D eigenvalue weighted by Crippen LogP contribution is 2.33. The summed E-state index contributed by atoms with van der Waals surface area (Å²) in [4.78, 5) is 0. The summed E-state index contributed by atoms with van der Waals surface area (Å²) in [5, 5.41) is 8.73. The average Bonchev–Trinajstić information content (AvgIpc) is 2.15. The minimum Gasteiger partial charge on any atom is -0.192 e. The molecule has 1 nitrogen and oxygen atoms in total. The molecule has 1 rings (SSSR count). The van der Waals surface area contributed by atoms with Gasteiger partial charge in [0.15, 0.2) is 0 Å². The Kier molecular flexibility index (Phi) is 3.84. The van der Waals surface area contributed by atoms with E-state index in [0.717, 1.165) is 12.1 Å². The van der Waals surface area contributed by atoms with Gasteiger partial charge in [-0.15, -0.1) is 11.6 Å². The van der Waals surface area contributed by atoms with E-state index in [0.29, 0.717) is 0 Å². The van der Waals surface area contributed by atoms with E-state index in [1.165, 1.54) is 0 Å². The first-order valence-electron chi connectivity index (χ1n) is 3.76. The quantitative estimate of drug-likeness (QED) is 0.559. The lowest BCUT2D eigenvalue weighted by atomic mass is 10.1. The highest BCUT2D eigenvalue weighted by molar-refractivity contribution is 14.1. The zero-order chi connectivity index (χ0) is 11.6. The van der Waals surface area contributed by atoms with Gasteiger partial charge in [-0.2, -0.15) is 18.4 Å². The molecule has 0 aliphatic carbocycles. The van der Waals surface area contributed by atoms with Crippen LogP contribution in [-0.2, 0) is 12.1 Å². The van der Waals surface area contributed by atoms with Crippen LogP contribution in [0.5, 0.6) is 0 Å². The molecule has 0 saturated heterocycles. The van der Waals surface area contributed by atoms with Crippen LogP contribution in [0.2, 0.25) is 0 Å². The largest absolute Gasteiger partial charge is 0.416 e. The smallest absolute Gasteiger partial charge is 0.192 e. The van der Waals surface area contributed by atoms with E-state index in [9.17, 15) is 13.2 Å². The van der Waals surface area contributed by atoms with Gasteiger partial charge in [-0.3, -0.25) is 0 Å². The van der Waals surface area contributed by atoms with Gasteiger partial charge in [0.1, 0.15) is 6.07 Å². The third-order valence-electron chi connectivity index (χ3n) is 1.75. The van der Waals surface area contributed by atoms with E-state index in [1.807, 2.05) is 6.07 Å². The normalized spacial score (nSPS) is 11.2. The predicted octanol–water partition coefficient (Wildman–Crippen LogP) is 3.92. The first-order valence-corrected chi connectivity index (χ1v) is 5.37. The molecule has 0 N–H and O–H groups in total. The molecule has 6 heteroatoms. The summed E-state index contributed by atoms with van der Waals surface area (Å²) in [5.41, 5.74) is -0.362. The van der Waals surface area contributed by atoms with Crippen molar-refractivity contribution in [3.05, 3.63) is 32.4 Å². The molecule has 0 saturated carbocycles. The number of hydrogen-bond donors (Lipinski definition) is 0. The summed E-state index contributed by atoms with van der Waals surface area (Å²) in [5.74, 6) is -0.108. The minimum absolute atomic E-state index is 0.108. The summed E-state index contributed by atoms with van der Waals surface area (Å²) < 4.78 is 37.4. The molecular weight excluding hydrogens is 341 g/mol. The van der Waals surface area contributed by atoms with Gasteiger partial charge in [0, 0.05) is 9.45 Å². The Labute approximate surface area is 103 Å². The molecule has 0 aromatic heterocycles. The predicted molar refractivity (Wildman–Crippen MR) is 58.4 cm³/mol. The zero-order valence-electron chi connectivity index (χ0n) is 7.20. The fraction of sp³-hybridized carbons (Fsp3) is 0.222. The van der Waals surface area contributed by atoms with Crippen molar-refractivity contribution in [2.24, 2.45) is 0 Å². The van der Waals surface area contributed by atoms with Crippen molar-refractivity contribution in [1.29, 1.82) is 5.26 Å². The topological polar surface area (TPSA) is 23.8 Å². The number of alkyl halides is 4. The van der Waals surface area contributed by atoms with Crippen molar-refractivity contribution in [3.63, 3.8) is 0 Å². The second-order valence-electron chi connectivity index (χ2n) is 2.74. The molecule has 0 fully saturated rings. The van der Waals surface area contributed by atoms with Crippen LogP contribution >= 0.6 is 34.2 Å². The summed E-state index contributed by atoms with van der Waals surface area (Å²) in [6.07, 6.45) is -4.41. The maximum atomic E-state index is 12.4. The van der Waals surface area contributed by atoms with E-state index in [1.54, 1.807) is 22.6 Å². The molecule has 0 atom stereocenters. The molecule has 0 aliphatic heterocycles. The number of nitrogens with zero attached hydrogens (tertiary/aromatic N) is 1. The second-order valence-corrected chi connectivity index (χ2v) is 4.16. The SMILES string of the molecule is N#Cc1c(I)cc(C(F)(F)F)cc1CCl. The zero-order valence-corrected chi connectivity index (χ0v) is 10.1. The maximum absolute atomic E-state index is 12.4. The molecule has 0 amide bonds. The van der Waals surface area contributed by atoms with Crippen molar-refractivity contribution in [2.75, 3.05) is 0 Å². The highest BCUT2D eigenvalue weighted by atomic mass is 127.